The third-order valence-electron chi connectivity index (χ3n) is 3.16. The highest BCUT2D eigenvalue weighted by Gasteiger charge is 2.18. The highest BCUT2D eigenvalue weighted by atomic mass is 16.6. The normalized spacial score (nSPS) is 10.0. The average Bonchev–Trinajstić information content (AvgIpc) is 2.58. The fraction of sp³-hybridized carbons (Fsp3) is 0.133. The summed E-state index contributed by atoms with van der Waals surface area (Å²) in [5.41, 5.74) is 0.405. The van der Waals surface area contributed by atoms with Crippen LogP contribution in [0.15, 0.2) is 48.5 Å². The van der Waals surface area contributed by atoms with E-state index in [1.54, 1.807) is 18.2 Å². The van der Waals surface area contributed by atoms with Crippen molar-refractivity contribution in [1.29, 1.82) is 0 Å². The number of nitrogens with one attached hydrogen (secondary N) is 2. The van der Waals surface area contributed by atoms with Crippen LogP contribution >= 0.6 is 0 Å². The number of anilines is 1. The summed E-state index contributed by atoms with van der Waals surface area (Å²) in [6, 6.07) is 11.6. The van der Waals surface area contributed by atoms with Crippen molar-refractivity contribution in [2.24, 2.45) is 0 Å². The lowest BCUT2D eigenvalue weighted by Gasteiger charge is -2.08. The molecule has 0 spiro atoms. The van der Waals surface area contributed by atoms with Gasteiger partial charge in [0.1, 0.15) is 5.56 Å². The number of non-ortho nitro benzene ring substituents is 1. The summed E-state index contributed by atoms with van der Waals surface area (Å²) in [7, 11) is 0. The molecule has 0 aliphatic rings. The molecule has 2 aromatic carbocycles. The van der Waals surface area contributed by atoms with Gasteiger partial charge in [0.15, 0.2) is 0 Å². The van der Waals surface area contributed by atoms with E-state index in [1.807, 2.05) is 0 Å². The number of carbonyl (C=O) groups excluding carboxylic acids is 1. The Hall–Kier alpha value is -3.49. The van der Waals surface area contributed by atoms with Crippen molar-refractivity contribution in [2.45, 2.75) is 0 Å². The van der Waals surface area contributed by atoms with Crippen LogP contribution < -0.4 is 10.6 Å². The molecular weight excluding hydrogens is 316 g/mol. The molecule has 2 N–H and O–H groups in total. The Balaban J connectivity index is 1.85. The molecule has 0 saturated carbocycles. The highest BCUT2D eigenvalue weighted by molar-refractivity contribution is 5.98. The second-order valence-corrected chi connectivity index (χ2v) is 4.76. The van der Waals surface area contributed by atoms with Gasteiger partial charge in [-0.3, -0.25) is 25.0 Å². The molecule has 24 heavy (non-hydrogen) atoms. The van der Waals surface area contributed by atoms with E-state index in [1.165, 1.54) is 30.3 Å². The second-order valence-electron chi connectivity index (χ2n) is 4.76. The fourth-order valence-electron chi connectivity index (χ4n) is 2.00. The Morgan fingerprint density at radius 3 is 2.21 bits per heavy atom. The third kappa shape index (κ3) is 4.26. The number of amides is 1. The minimum absolute atomic E-state index is 0.00200. The van der Waals surface area contributed by atoms with Gasteiger partial charge in [-0.25, -0.2) is 0 Å². The molecule has 0 aliphatic heterocycles. The molecule has 0 bridgehead atoms. The molecule has 9 nitrogen and oxygen atoms in total. The molecule has 9 heteroatoms. The summed E-state index contributed by atoms with van der Waals surface area (Å²) in [4.78, 5) is 32.3. The molecule has 0 heterocycles. The molecule has 0 aromatic heterocycles. The summed E-state index contributed by atoms with van der Waals surface area (Å²) in [6.45, 7) is 0.603. The first-order valence-corrected chi connectivity index (χ1v) is 6.99. The zero-order chi connectivity index (χ0) is 17.5. The smallest absolute Gasteiger partial charge is 0.282 e. The van der Waals surface area contributed by atoms with Gasteiger partial charge in [0.05, 0.1) is 9.85 Å². The molecular formula is C15H14N4O5. The van der Waals surface area contributed by atoms with Crippen LogP contribution in [0, 0.1) is 20.2 Å². The maximum Gasteiger partial charge on any atom is 0.282 e. The largest absolute Gasteiger partial charge is 0.383 e. The van der Waals surface area contributed by atoms with Gasteiger partial charge in [0, 0.05) is 37.0 Å². The Bertz CT molecular complexity index is 761. The van der Waals surface area contributed by atoms with Crippen molar-refractivity contribution in [3.8, 4) is 0 Å². The predicted octanol–water partition coefficient (Wildman–Crippen LogP) is 2.34. The van der Waals surface area contributed by atoms with Crippen molar-refractivity contribution in [1.82, 2.24) is 5.32 Å². The summed E-state index contributed by atoms with van der Waals surface area (Å²) in [5.74, 6) is -0.534. The summed E-state index contributed by atoms with van der Waals surface area (Å²) in [5, 5.41) is 27.0. The maximum absolute atomic E-state index is 12.0. The van der Waals surface area contributed by atoms with Crippen molar-refractivity contribution in [2.75, 3.05) is 18.4 Å². The summed E-state index contributed by atoms with van der Waals surface area (Å²) in [6.07, 6.45) is 0. The molecule has 0 saturated heterocycles. The van der Waals surface area contributed by atoms with Crippen LogP contribution in [-0.4, -0.2) is 28.8 Å². The van der Waals surface area contributed by atoms with Gasteiger partial charge in [-0.15, -0.1) is 0 Å². The van der Waals surface area contributed by atoms with Crippen molar-refractivity contribution in [3.63, 3.8) is 0 Å². The molecule has 0 fully saturated rings. The van der Waals surface area contributed by atoms with Crippen molar-refractivity contribution < 1.29 is 14.6 Å². The van der Waals surface area contributed by atoms with E-state index in [4.69, 9.17) is 0 Å². The number of hydrogen-bond donors (Lipinski definition) is 2. The Kier molecular flexibility index (Phi) is 5.40. The molecule has 0 unspecified atom stereocenters. The lowest BCUT2D eigenvalue weighted by atomic mass is 10.1. The Morgan fingerprint density at radius 2 is 1.58 bits per heavy atom. The number of benzene rings is 2. The molecule has 2 rings (SSSR count). The summed E-state index contributed by atoms with van der Waals surface area (Å²) >= 11 is 0. The van der Waals surface area contributed by atoms with E-state index < -0.39 is 15.8 Å². The molecule has 0 radical (unpaired) electrons. The molecule has 0 aliphatic carbocycles. The van der Waals surface area contributed by atoms with E-state index in [0.29, 0.717) is 12.2 Å². The minimum atomic E-state index is -0.607. The number of nitrogens with zero attached hydrogens (tertiary/aromatic N) is 2. The lowest BCUT2D eigenvalue weighted by molar-refractivity contribution is -0.385. The van der Waals surface area contributed by atoms with Crippen LogP contribution in [0.2, 0.25) is 0 Å². The van der Waals surface area contributed by atoms with Crippen LogP contribution in [0.1, 0.15) is 10.4 Å². The predicted molar refractivity (Wildman–Crippen MR) is 87.0 cm³/mol. The quantitative estimate of drug-likeness (QED) is 0.455. The topological polar surface area (TPSA) is 127 Å². The van der Waals surface area contributed by atoms with Crippen LogP contribution in [0.4, 0.5) is 17.1 Å². The van der Waals surface area contributed by atoms with E-state index in [9.17, 15) is 25.0 Å². The van der Waals surface area contributed by atoms with E-state index >= 15 is 0 Å². The second kappa shape index (κ2) is 7.68. The van der Waals surface area contributed by atoms with E-state index in [0.717, 1.165) is 0 Å². The molecule has 0 atom stereocenters. The van der Waals surface area contributed by atoms with Crippen LogP contribution in [0.3, 0.4) is 0 Å². The van der Waals surface area contributed by atoms with Gasteiger partial charge in [0.25, 0.3) is 17.3 Å². The van der Waals surface area contributed by atoms with Gasteiger partial charge in [-0.2, -0.15) is 0 Å². The fourth-order valence-corrected chi connectivity index (χ4v) is 2.00. The van der Waals surface area contributed by atoms with Crippen LogP contribution in [0.5, 0.6) is 0 Å². The molecule has 2 aromatic rings. The van der Waals surface area contributed by atoms with Crippen LogP contribution in [0.25, 0.3) is 0 Å². The average molecular weight is 330 g/mol. The number of nitro groups is 2. The van der Waals surface area contributed by atoms with Crippen molar-refractivity contribution in [3.05, 3.63) is 74.3 Å². The third-order valence-corrected chi connectivity index (χ3v) is 3.16. The highest BCUT2D eigenvalue weighted by Crippen LogP contribution is 2.17. The maximum atomic E-state index is 12.0. The van der Waals surface area contributed by atoms with E-state index in [2.05, 4.69) is 10.6 Å². The zero-order valence-electron chi connectivity index (χ0n) is 12.5. The number of rotatable bonds is 7. The van der Waals surface area contributed by atoms with Gasteiger partial charge >= 0.3 is 0 Å². The molecule has 1 amide bonds. The zero-order valence-corrected chi connectivity index (χ0v) is 12.5. The van der Waals surface area contributed by atoms with E-state index in [-0.39, 0.29) is 23.5 Å². The van der Waals surface area contributed by atoms with Gasteiger partial charge in [-0.1, -0.05) is 12.1 Å². The first kappa shape index (κ1) is 16.9. The summed E-state index contributed by atoms with van der Waals surface area (Å²) < 4.78 is 0. The number of para-hydroxylation sites is 1. The first-order chi connectivity index (χ1) is 11.5. The number of carbonyl (C=O) groups is 1. The van der Waals surface area contributed by atoms with Crippen LogP contribution in [-0.2, 0) is 0 Å². The number of nitro benzene ring substituents is 2. The number of hydrogen-bond acceptors (Lipinski definition) is 6. The first-order valence-electron chi connectivity index (χ1n) is 6.99. The standard InChI is InChI=1S/C15H14N4O5/c20-15(13-3-1-2-4-14(13)19(23)24)17-10-9-16-11-5-7-12(8-6-11)18(21)22/h1-8,16H,9-10H2,(H,17,20). The van der Waals surface area contributed by atoms with Crippen molar-refractivity contribution >= 4 is 23.0 Å². The lowest BCUT2D eigenvalue weighted by Crippen LogP contribution is -2.29. The van der Waals surface area contributed by atoms with Gasteiger partial charge in [0.2, 0.25) is 0 Å². The Labute approximate surface area is 136 Å². The SMILES string of the molecule is O=C(NCCNc1ccc([N+](=O)[O-])cc1)c1ccccc1[N+](=O)[O-]. The van der Waals surface area contributed by atoms with Gasteiger partial charge < -0.3 is 10.6 Å². The Morgan fingerprint density at radius 1 is 0.917 bits per heavy atom. The minimum Gasteiger partial charge on any atom is -0.383 e. The monoisotopic (exact) mass is 330 g/mol. The van der Waals surface area contributed by atoms with Gasteiger partial charge in [-0.05, 0) is 18.2 Å². The molecule has 124 valence electrons.